The third kappa shape index (κ3) is 4.10. The Bertz CT molecular complexity index is 1330. The van der Waals surface area contributed by atoms with E-state index in [9.17, 15) is 14.7 Å². The normalized spacial score (nSPS) is 11.0. The number of anilines is 1. The van der Waals surface area contributed by atoms with Gasteiger partial charge in [-0.3, -0.25) is 4.79 Å². The summed E-state index contributed by atoms with van der Waals surface area (Å²) < 4.78 is 0. The topological polar surface area (TPSA) is 79.3 Å². The van der Waals surface area contributed by atoms with E-state index in [1.807, 2.05) is 43.3 Å². The van der Waals surface area contributed by atoms with Gasteiger partial charge in [0.2, 0.25) is 0 Å². The van der Waals surface area contributed by atoms with Crippen LogP contribution in [0.25, 0.3) is 22.0 Å². The average molecular weight is 425 g/mol. The summed E-state index contributed by atoms with van der Waals surface area (Å²) >= 11 is 0. The maximum absolute atomic E-state index is 13.5. The SMILES string of the molecule is Cc1ccc(C(C)C)c(C(=O)Nc2ccc3cc(C(=O)O)ccc3n2)c1-c1ccccc1. The number of aromatic carboxylic acids is 1. The lowest BCUT2D eigenvalue weighted by atomic mass is 9.87. The van der Waals surface area contributed by atoms with Gasteiger partial charge in [-0.25, -0.2) is 9.78 Å². The molecule has 0 unspecified atom stereocenters. The zero-order valence-corrected chi connectivity index (χ0v) is 18.2. The van der Waals surface area contributed by atoms with E-state index in [0.29, 0.717) is 22.3 Å². The number of hydrogen-bond acceptors (Lipinski definition) is 3. The number of aromatic nitrogens is 1. The predicted molar refractivity (Wildman–Crippen MR) is 127 cm³/mol. The fourth-order valence-corrected chi connectivity index (χ4v) is 3.93. The Morgan fingerprint density at radius 1 is 0.938 bits per heavy atom. The van der Waals surface area contributed by atoms with Gasteiger partial charge in [-0.1, -0.05) is 56.3 Å². The molecule has 0 saturated heterocycles. The third-order valence-electron chi connectivity index (χ3n) is 5.54. The standard InChI is InChI=1S/C27H24N2O3/c1-16(2)21-12-9-17(3)24(18-7-5-4-6-8-18)25(21)26(30)29-23-14-11-19-15-20(27(31)32)10-13-22(19)28-23/h4-16H,1-3H3,(H,31,32)(H,28,29,30). The summed E-state index contributed by atoms with van der Waals surface area (Å²) in [4.78, 5) is 29.3. The molecule has 1 aromatic heterocycles. The quantitative estimate of drug-likeness (QED) is 0.395. The Morgan fingerprint density at radius 3 is 2.38 bits per heavy atom. The van der Waals surface area contributed by atoms with Crippen molar-refractivity contribution in [3.63, 3.8) is 0 Å². The van der Waals surface area contributed by atoms with Crippen molar-refractivity contribution in [1.29, 1.82) is 0 Å². The van der Waals surface area contributed by atoms with Crippen molar-refractivity contribution in [2.45, 2.75) is 26.7 Å². The summed E-state index contributed by atoms with van der Waals surface area (Å²) in [5.41, 5.74) is 5.37. The minimum atomic E-state index is -0.988. The number of carbonyl (C=O) groups excluding carboxylic acids is 1. The first-order chi connectivity index (χ1) is 15.3. The van der Waals surface area contributed by atoms with E-state index < -0.39 is 5.97 Å². The Hall–Kier alpha value is -3.99. The van der Waals surface area contributed by atoms with Crippen LogP contribution < -0.4 is 5.32 Å². The highest BCUT2D eigenvalue weighted by Crippen LogP contribution is 2.34. The summed E-state index contributed by atoms with van der Waals surface area (Å²) in [5.74, 6) is -0.623. The molecule has 160 valence electrons. The van der Waals surface area contributed by atoms with Crippen LogP contribution in [-0.4, -0.2) is 22.0 Å². The monoisotopic (exact) mass is 424 g/mol. The summed E-state index contributed by atoms with van der Waals surface area (Å²) in [7, 11) is 0. The lowest BCUT2D eigenvalue weighted by Gasteiger charge is -2.19. The van der Waals surface area contributed by atoms with E-state index in [0.717, 1.165) is 22.3 Å². The summed E-state index contributed by atoms with van der Waals surface area (Å²) in [6.07, 6.45) is 0. The molecule has 0 radical (unpaired) electrons. The maximum atomic E-state index is 13.5. The number of hydrogen-bond donors (Lipinski definition) is 2. The van der Waals surface area contributed by atoms with Crippen molar-refractivity contribution in [3.05, 3.63) is 95.1 Å². The molecule has 1 amide bonds. The molecule has 5 nitrogen and oxygen atoms in total. The predicted octanol–water partition coefficient (Wildman–Crippen LogP) is 6.28. The molecule has 2 N–H and O–H groups in total. The smallest absolute Gasteiger partial charge is 0.335 e. The minimum absolute atomic E-state index is 0.165. The molecule has 1 heterocycles. The van der Waals surface area contributed by atoms with E-state index in [-0.39, 0.29) is 17.4 Å². The number of rotatable bonds is 5. The molecule has 0 aliphatic heterocycles. The van der Waals surface area contributed by atoms with Gasteiger partial charge in [0, 0.05) is 5.39 Å². The van der Waals surface area contributed by atoms with Gasteiger partial charge >= 0.3 is 5.97 Å². The number of carboxylic acids is 1. The molecule has 0 fully saturated rings. The van der Waals surface area contributed by atoms with Gasteiger partial charge in [-0.15, -0.1) is 0 Å². The van der Waals surface area contributed by atoms with Crippen molar-refractivity contribution in [1.82, 2.24) is 4.98 Å². The van der Waals surface area contributed by atoms with Gasteiger partial charge in [0.05, 0.1) is 16.6 Å². The first-order valence-electron chi connectivity index (χ1n) is 10.5. The molecule has 0 spiro atoms. The van der Waals surface area contributed by atoms with Gasteiger partial charge in [-0.05, 0) is 65.4 Å². The highest BCUT2D eigenvalue weighted by atomic mass is 16.4. The van der Waals surface area contributed by atoms with Crippen molar-refractivity contribution >= 4 is 28.6 Å². The molecule has 4 rings (SSSR count). The largest absolute Gasteiger partial charge is 0.478 e. The Labute approximate surface area is 186 Å². The number of nitrogens with one attached hydrogen (secondary N) is 1. The lowest BCUT2D eigenvalue weighted by Crippen LogP contribution is -2.18. The first kappa shape index (κ1) is 21.2. The van der Waals surface area contributed by atoms with E-state index in [2.05, 4.69) is 30.2 Å². The van der Waals surface area contributed by atoms with E-state index >= 15 is 0 Å². The van der Waals surface area contributed by atoms with Gasteiger partial charge in [0.15, 0.2) is 0 Å². The molecular weight excluding hydrogens is 400 g/mol. The summed E-state index contributed by atoms with van der Waals surface area (Å²) in [5, 5.41) is 12.8. The van der Waals surface area contributed by atoms with Crippen molar-refractivity contribution in [2.75, 3.05) is 5.32 Å². The van der Waals surface area contributed by atoms with Crippen LogP contribution in [0.2, 0.25) is 0 Å². The molecule has 3 aromatic carbocycles. The van der Waals surface area contributed by atoms with Crippen LogP contribution in [0.15, 0.2) is 72.8 Å². The van der Waals surface area contributed by atoms with Gasteiger partial charge < -0.3 is 10.4 Å². The Kier molecular flexibility index (Phi) is 5.73. The van der Waals surface area contributed by atoms with Crippen LogP contribution in [-0.2, 0) is 0 Å². The molecular formula is C27H24N2O3. The highest BCUT2D eigenvalue weighted by molar-refractivity contribution is 6.10. The van der Waals surface area contributed by atoms with Gasteiger partial charge in [0.25, 0.3) is 5.91 Å². The van der Waals surface area contributed by atoms with Crippen LogP contribution in [0.3, 0.4) is 0 Å². The van der Waals surface area contributed by atoms with Crippen molar-refractivity contribution < 1.29 is 14.7 Å². The fraction of sp³-hybridized carbons (Fsp3) is 0.148. The second kappa shape index (κ2) is 8.63. The molecule has 32 heavy (non-hydrogen) atoms. The number of pyridine rings is 1. The average Bonchev–Trinajstić information content (AvgIpc) is 2.78. The number of carboxylic acid groups (broad SMARTS) is 1. The molecule has 4 aromatic rings. The number of benzene rings is 3. The summed E-state index contributed by atoms with van der Waals surface area (Å²) in [6, 6.07) is 22.2. The number of nitrogens with zero attached hydrogens (tertiary/aromatic N) is 1. The van der Waals surface area contributed by atoms with E-state index in [1.54, 1.807) is 24.3 Å². The Balaban J connectivity index is 1.77. The lowest BCUT2D eigenvalue weighted by molar-refractivity contribution is 0.0697. The molecule has 0 saturated carbocycles. The molecule has 0 aliphatic carbocycles. The molecule has 0 atom stereocenters. The third-order valence-corrected chi connectivity index (χ3v) is 5.54. The van der Waals surface area contributed by atoms with Gasteiger partial charge in [-0.2, -0.15) is 0 Å². The summed E-state index contributed by atoms with van der Waals surface area (Å²) in [6.45, 7) is 6.16. The fourth-order valence-electron chi connectivity index (χ4n) is 3.93. The van der Waals surface area contributed by atoms with Crippen LogP contribution >= 0.6 is 0 Å². The van der Waals surface area contributed by atoms with E-state index in [1.165, 1.54) is 6.07 Å². The second-order valence-corrected chi connectivity index (χ2v) is 8.11. The Morgan fingerprint density at radius 2 is 1.69 bits per heavy atom. The second-order valence-electron chi connectivity index (χ2n) is 8.11. The molecule has 0 bridgehead atoms. The van der Waals surface area contributed by atoms with Gasteiger partial charge in [0.1, 0.15) is 5.82 Å². The number of fused-ring (bicyclic) bond motifs is 1. The van der Waals surface area contributed by atoms with Crippen LogP contribution in [0.4, 0.5) is 5.82 Å². The highest BCUT2D eigenvalue weighted by Gasteiger charge is 2.21. The number of carbonyl (C=O) groups is 2. The number of aryl methyl sites for hydroxylation is 1. The maximum Gasteiger partial charge on any atom is 0.335 e. The van der Waals surface area contributed by atoms with Crippen molar-refractivity contribution in [3.8, 4) is 11.1 Å². The van der Waals surface area contributed by atoms with Crippen molar-refractivity contribution in [2.24, 2.45) is 0 Å². The zero-order valence-electron chi connectivity index (χ0n) is 18.2. The number of amides is 1. The first-order valence-corrected chi connectivity index (χ1v) is 10.5. The van der Waals surface area contributed by atoms with E-state index in [4.69, 9.17) is 0 Å². The van der Waals surface area contributed by atoms with Crippen LogP contribution in [0, 0.1) is 6.92 Å². The van der Waals surface area contributed by atoms with Crippen LogP contribution in [0.5, 0.6) is 0 Å². The minimum Gasteiger partial charge on any atom is -0.478 e. The van der Waals surface area contributed by atoms with Crippen LogP contribution in [0.1, 0.15) is 51.6 Å². The molecule has 5 heteroatoms. The molecule has 0 aliphatic rings. The zero-order chi connectivity index (χ0) is 22.8.